The fraction of sp³-hybridized carbons (Fsp3) is 0.333. The molecule has 1 N–H and O–H groups in total. The lowest BCUT2D eigenvalue weighted by atomic mass is 10.0. The first-order valence-electron chi connectivity index (χ1n) is 11.6. The van der Waals surface area contributed by atoms with E-state index >= 15 is 0 Å². The number of thiophene rings is 1. The smallest absolute Gasteiger partial charge is 0.341 e. The van der Waals surface area contributed by atoms with Gasteiger partial charge < -0.3 is 14.8 Å². The van der Waals surface area contributed by atoms with E-state index in [-0.39, 0.29) is 12.5 Å². The molecule has 0 bridgehead atoms. The number of amides is 1. The maximum absolute atomic E-state index is 12.9. The molecule has 2 aromatic carbocycles. The lowest BCUT2D eigenvalue weighted by Gasteiger charge is -2.34. The van der Waals surface area contributed by atoms with Crippen LogP contribution in [0.5, 0.6) is 5.75 Å². The number of esters is 1. The van der Waals surface area contributed by atoms with E-state index in [1.807, 2.05) is 29.6 Å². The third-order valence-electron chi connectivity index (χ3n) is 6.32. The molecule has 1 aromatic heterocycles. The second-order valence-corrected chi connectivity index (χ2v) is 9.48. The molecule has 0 spiro atoms. The average Bonchev–Trinajstić information content (AvgIpc) is 3.29. The summed E-state index contributed by atoms with van der Waals surface area (Å²) in [6.07, 6.45) is 0. The molecule has 8 heteroatoms. The molecule has 0 radical (unpaired) electrons. The summed E-state index contributed by atoms with van der Waals surface area (Å²) < 4.78 is 10.2. The molecule has 0 atom stereocenters. The van der Waals surface area contributed by atoms with E-state index in [4.69, 9.17) is 9.47 Å². The first-order valence-corrected chi connectivity index (χ1v) is 12.5. The lowest BCUT2D eigenvalue weighted by molar-refractivity contribution is -0.117. The van der Waals surface area contributed by atoms with Gasteiger partial charge in [-0.1, -0.05) is 36.4 Å². The monoisotopic (exact) mass is 493 g/mol. The Morgan fingerprint density at radius 3 is 2.31 bits per heavy atom. The average molecular weight is 494 g/mol. The van der Waals surface area contributed by atoms with Crippen molar-refractivity contribution >= 4 is 28.2 Å². The van der Waals surface area contributed by atoms with Crippen LogP contribution in [0.25, 0.3) is 11.1 Å². The van der Waals surface area contributed by atoms with Crippen LogP contribution in [0.2, 0.25) is 0 Å². The van der Waals surface area contributed by atoms with Gasteiger partial charge in [0.05, 0.1) is 20.8 Å². The minimum atomic E-state index is -0.475. The van der Waals surface area contributed by atoms with Crippen molar-refractivity contribution in [3.63, 3.8) is 0 Å². The normalized spacial score (nSPS) is 14.5. The Morgan fingerprint density at radius 1 is 0.971 bits per heavy atom. The summed E-state index contributed by atoms with van der Waals surface area (Å²) in [5.41, 5.74) is 4.61. The summed E-state index contributed by atoms with van der Waals surface area (Å²) in [6, 6.07) is 15.9. The van der Waals surface area contributed by atoms with Crippen molar-refractivity contribution in [2.45, 2.75) is 13.5 Å². The van der Waals surface area contributed by atoms with E-state index < -0.39 is 5.97 Å². The minimum Gasteiger partial charge on any atom is -0.497 e. The maximum atomic E-state index is 12.9. The topological polar surface area (TPSA) is 71.1 Å². The minimum absolute atomic E-state index is 0.134. The van der Waals surface area contributed by atoms with Gasteiger partial charge in [0, 0.05) is 43.7 Å². The number of nitrogens with one attached hydrogen (secondary N) is 1. The molecule has 184 valence electrons. The van der Waals surface area contributed by atoms with Crippen molar-refractivity contribution in [1.82, 2.24) is 9.80 Å². The highest BCUT2D eigenvalue weighted by atomic mass is 32.1. The standard InChI is InChI=1S/C27H31N3O4S/c1-19-6-4-5-7-21(19)16-29-12-14-30(15-13-29)17-24(31)28-26-25(27(32)34-3)23(18-35-26)20-8-10-22(33-2)11-9-20/h4-11,18H,12-17H2,1-3H3,(H,28,31). The second-order valence-electron chi connectivity index (χ2n) is 8.60. The number of hydrogen-bond acceptors (Lipinski definition) is 7. The van der Waals surface area contributed by atoms with Crippen molar-refractivity contribution in [1.29, 1.82) is 0 Å². The number of ether oxygens (including phenoxy) is 2. The van der Waals surface area contributed by atoms with Gasteiger partial charge in [0.2, 0.25) is 5.91 Å². The van der Waals surface area contributed by atoms with Gasteiger partial charge in [-0.05, 0) is 35.7 Å². The number of nitrogens with zero attached hydrogens (tertiary/aromatic N) is 2. The van der Waals surface area contributed by atoms with Crippen LogP contribution >= 0.6 is 11.3 Å². The first-order chi connectivity index (χ1) is 17.0. The molecule has 0 saturated carbocycles. The number of piperazine rings is 1. The highest BCUT2D eigenvalue weighted by Crippen LogP contribution is 2.36. The van der Waals surface area contributed by atoms with Crippen molar-refractivity contribution in [2.24, 2.45) is 0 Å². The Bertz CT molecular complexity index is 1170. The second kappa shape index (κ2) is 11.5. The highest BCUT2D eigenvalue weighted by Gasteiger charge is 2.24. The first kappa shape index (κ1) is 24.9. The number of carbonyl (C=O) groups is 2. The fourth-order valence-electron chi connectivity index (χ4n) is 4.24. The summed E-state index contributed by atoms with van der Waals surface area (Å²) >= 11 is 1.33. The molecule has 0 aliphatic carbocycles. The van der Waals surface area contributed by atoms with Gasteiger partial charge in [-0.2, -0.15) is 0 Å². The zero-order valence-electron chi connectivity index (χ0n) is 20.4. The number of carbonyl (C=O) groups excluding carboxylic acids is 2. The number of benzene rings is 2. The largest absolute Gasteiger partial charge is 0.497 e. The van der Waals surface area contributed by atoms with Gasteiger partial charge in [0.25, 0.3) is 0 Å². The van der Waals surface area contributed by atoms with Crippen LogP contribution in [0.4, 0.5) is 5.00 Å². The lowest BCUT2D eigenvalue weighted by Crippen LogP contribution is -2.48. The third-order valence-corrected chi connectivity index (χ3v) is 7.22. The van der Waals surface area contributed by atoms with Crippen LogP contribution in [0.3, 0.4) is 0 Å². The molecule has 7 nitrogen and oxygen atoms in total. The number of hydrogen-bond donors (Lipinski definition) is 1. The Hall–Kier alpha value is -3.20. The van der Waals surface area contributed by atoms with E-state index in [0.29, 0.717) is 10.6 Å². The van der Waals surface area contributed by atoms with E-state index in [2.05, 4.69) is 46.3 Å². The predicted octanol–water partition coefficient (Wildman–Crippen LogP) is 4.28. The number of rotatable bonds is 8. The SMILES string of the molecule is COC(=O)c1c(-c2ccc(OC)cc2)csc1NC(=O)CN1CCN(Cc2ccccc2C)CC1. The summed E-state index contributed by atoms with van der Waals surface area (Å²) in [7, 11) is 2.96. The maximum Gasteiger partial charge on any atom is 0.341 e. The molecule has 1 fully saturated rings. The molecular weight excluding hydrogens is 462 g/mol. The van der Waals surface area contributed by atoms with Crippen LogP contribution in [0.1, 0.15) is 21.5 Å². The predicted molar refractivity (Wildman–Crippen MR) is 139 cm³/mol. The molecule has 1 aliphatic heterocycles. The molecule has 35 heavy (non-hydrogen) atoms. The van der Waals surface area contributed by atoms with Crippen LogP contribution in [0.15, 0.2) is 53.9 Å². The van der Waals surface area contributed by atoms with Crippen molar-refractivity contribution < 1.29 is 19.1 Å². The Balaban J connectivity index is 1.37. The summed E-state index contributed by atoms with van der Waals surface area (Å²) in [5, 5.41) is 5.32. The van der Waals surface area contributed by atoms with Gasteiger partial charge >= 0.3 is 5.97 Å². The van der Waals surface area contributed by atoms with Crippen LogP contribution in [-0.2, 0) is 16.1 Å². The van der Waals surface area contributed by atoms with Crippen LogP contribution in [-0.4, -0.2) is 68.6 Å². The van der Waals surface area contributed by atoms with Gasteiger partial charge in [-0.15, -0.1) is 11.3 Å². The van der Waals surface area contributed by atoms with Gasteiger partial charge in [-0.3, -0.25) is 14.6 Å². The third kappa shape index (κ3) is 6.08. The van der Waals surface area contributed by atoms with Gasteiger partial charge in [0.15, 0.2) is 0 Å². The van der Waals surface area contributed by atoms with Crippen LogP contribution < -0.4 is 10.1 Å². The Kier molecular flexibility index (Phi) is 8.17. The zero-order chi connectivity index (χ0) is 24.8. The molecule has 2 heterocycles. The molecule has 1 aliphatic rings. The van der Waals surface area contributed by atoms with Crippen molar-refractivity contribution in [3.05, 3.63) is 70.6 Å². The van der Waals surface area contributed by atoms with Gasteiger partial charge in [0.1, 0.15) is 16.3 Å². The molecular formula is C27H31N3O4S. The van der Waals surface area contributed by atoms with E-state index in [1.165, 1.54) is 29.6 Å². The number of aryl methyl sites for hydroxylation is 1. The Morgan fingerprint density at radius 2 is 1.66 bits per heavy atom. The van der Waals surface area contributed by atoms with Crippen molar-refractivity contribution in [2.75, 3.05) is 52.3 Å². The quantitative estimate of drug-likeness (QED) is 0.473. The Labute approximate surface area is 210 Å². The molecule has 3 aromatic rings. The molecule has 0 unspecified atom stereocenters. The summed E-state index contributed by atoms with van der Waals surface area (Å²) in [5.74, 6) is 0.124. The summed E-state index contributed by atoms with van der Waals surface area (Å²) in [4.78, 5) is 30.0. The number of anilines is 1. The fourth-order valence-corrected chi connectivity index (χ4v) is 5.21. The van der Waals surface area contributed by atoms with E-state index in [9.17, 15) is 9.59 Å². The van der Waals surface area contributed by atoms with Gasteiger partial charge in [-0.25, -0.2) is 4.79 Å². The number of methoxy groups -OCH3 is 2. The molecule has 1 amide bonds. The zero-order valence-corrected chi connectivity index (χ0v) is 21.2. The van der Waals surface area contributed by atoms with Crippen LogP contribution in [0, 0.1) is 6.92 Å². The van der Waals surface area contributed by atoms with E-state index in [1.54, 1.807) is 7.11 Å². The molecule has 1 saturated heterocycles. The van der Waals surface area contributed by atoms with E-state index in [0.717, 1.165) is 49.6 Å². The summed E-state index contributed by atoms with van der Waals surface area (Å²) in [6.45, 7) is 6.83. The molecule has 4 rings (SSSR count). The van der Waals surface area contributed by atoms with Crippen molar-refractivity contribution in [3.8, 4) is 16.9 Å². The highest BCUT2D eigenvalue weighted by molar-refractivity contribution is 7.15.